The molecule has 0 radical (unpaired) electrons. The molecule has 152 valence electrons. The minimum Gasteiger partial charge on any atom is -0.351 e. The summed E-state index contributed by atoms with van der Waals surface area (Å²) in [6, 6.07) is 1.58. The highest BCUT2D eigenvalue weighted by molar-refractivity contribution is 7.91. The maximum absolute atomic E-state index is 12.8. The molecule has 0 atom stereocenters. The molecule has 2 heterocycles. The molecule has 1 aliphatic carbocycles. The smallest absolute Gasteiger partial charge is 0.329 e. The van der Waals surface area contributed by atoms with Gasteiger partial charge in [0.05, 0.1) is 16.7 Å². The lowest BCUT2D eigenvalue weighted by molar-refractivity contribution is 0.0957. The Kier molecular flexibility index (Phi) is 5.69. The molecule has 0 bridgehead atoms. The molecule has 0 spiro atoms. The van der Waals surface area contributed by atoms with Crippen molar-refractivity contribution in [3.8, 4) is 0 Å². The van der Waals surface area contributed by atoms with Crippen molar-refractivity contribution >= 4 is 26.8 Å². The van der Waals surface area contributed by atoms with Crippen LogP contribution in [0.5, 0.6) is 0 Å². The lowest BCUT2D eigenvalue weighted by Crippen LogP contribution is -2.34. The van der Waals surface area contributed by atoms with Crippen LogP contribution >= 0.6 is 0 Å². The van der Waals surface area contributed by atoms with Gasteiger partial charge in [0.1, 0.15) is 0 Å². The Hall–Kier alpha value is -2.49. The van der Waals surface area contributed by atoms with Crippen LogP contribution < -0.4 is 16.6 Å². The van der Waals surface area contributed by atoms with Gasteiger partial charge in [0.2, 0.25) is 0 Å². The van der Waals surface area contributed by atoms with Crippen LogP contribution in [-0.4, -0.2) is 46.9 Å². The molecule has 1 saturated carbocycles. The van der Waals surface area contributed by atoms with Crippen molar-refractivity contribution in [1.29, 1.82) is 0 Å². The van der Waals surface area contributed by atoms with E-state index in [0.717, 1.165) is 12.8 Å². The van der Waals surface area contributed by atoms with Gasteiger partial charge in [-0.05, 0) is 25.3 Å². The van der Waals surface area contributed by atoms with Crippen LogP contribution in [0.15, 0.2) is 15.7 Å². The predicted octanol–water partition coefficient (Wildman–Crippen LogP) is 0.537. The van der Waals surface area contributed by atoms with E-state index >= 15 is 0 Å². The van der Waals surface area contributed by atoms with Gasteiger partial charge in [-0.15, -0.1) is 0 Å². The Morgan fingerprint density at radius 3 is 2.64 bits per heavy atom. The second kappa shape index (κ2) is 7.86. The van der Waals surface area contributed by atoms with Crippen molar-refractivity contribution in [2.75, 3.05) is 18.1 Å². The summed E-state index contributed by atoms with van der Waals surface area (Å²) in [6.07, 6.45) is 2.54. The van der Waals surface area contributed by atoms with Gasteiger partial charge in [0, 0.05) is 30.5 Å². The maximum Gasteiger partial charge on any atom is 0.329 e. The van der Waals surface area contributed by atoms with E-state index in [1.54, 1.807) is 13.0 Å². The number of carbonyl (C=O) groups is 1. The number of amides is 1. The number of aromatic nitrogens is 3. The molecule has 2 aromatic rings. The Morgan fingerprint density at radius 1 is 1.32 bits per heavy atom. The molecule has 1 aliphatic rings. The highest BCUT2D eigenvalue weighted by atomic mass is 32.2. The molecule has 2 N–H and O–H groups in total. The van der Waals surface area contributed by atoms with Crippen LogP contribution in [0.1, 0.15) is 55.1 Å². The second-order valence-electron chi connectivity index (χ2n) is 6.97. The molecule has 28 heavy (non-hydrogen) atoms. The summed E-state index contributed by atoms with van der Waals surface area (Å²) in [7, 11) is -3.22. The topological polar surface area (TPSA) is 131 Å². The van der Waals surface area contributed by atoms with Crippen molar-refractivity contribution in [3.05, 3.63) is 38.2 Å². The summed E-state index contributed by atoms with van der Waals surface area (Å²) in [4.78, 5) is 44.2. The minimum atomic E-state index is -3.22. The van der Waals surface area contributed by atoms with Gasteiger partial charge >= 0.3 is 5.69 Å². The summed E-state index contributed by atoms with van der Waals surface area (Å²) in [5.41, 5.74) is -0.236. The normalized spacial score (nSPS) is 14.4. The highest BCUT2D eigenvalue weighted by Gasteiger charge is 2.28. The first-order chi connectivity index (χ1) is 13.3. The van der Waals surface area contributed by atoms with E-state index in [-0.39, 0.29) is 40.6 Å². The number of hydrogen-bond donors (Lipinski definition) is 2. The van der Waals surface area contributed by atoms with Gasteiger partial charge in [-0.1, -0.05) is 13.8 Å². The number of pyridine rings is 1. The Labute approximate surface area is 162 Å². The maximum atomic E-state index is 12.8. The quantitative estimate of drug-likeness (QED) is 0.655. The predicted molar refractivity (Wildman–Crippen MR) is 106 cm³/mol. The van der Waals surface area contributed by atoms with Crippen molar-refractivity contribution in [3.63, 3.8) is 0 Å². The monoisotopic (exact) mass is 408 g/mol. The number of carbonyl (C=O) groups excluding carboxylic acids is 1. The number of rotatable bonds is 8. The minimum absolute atomic E-state index is 0.00412. The second-order valence-corrected chi connectivity index (χ2v) is 9.44. The average molecular weight is 408 g/mol. The fraction of sp³-hybridized carbons (Fsp3) is 0.556. The molecule has 1 fully saturated rings. The average Bonchev–Trinajstić information content (AvgIpc) is 3.49. The van der Waals surface area contributed by atoms with Gasteiger partial charge in [0.25, 0.3) is 11.5 Å². The molecule has 3 rings (SSSR count). The Morgan fingerprint density at radius 2 is 2.04 bits per heavy atom. The number of sulfone groups is 1. The highest BCUT2D eigenvalue weighted by Crippen LogP contribution is 2.39. The number of nitrogens with one attached hydrogen (secondary N) is 2. The van der Waals surface area contributed by atoms with E-state index in [2.05, 4.69) is 15.3 Å². The first-order valence-corrected chi connectivity index (χ1v) is 11.3. The van der Waals surface area contributed by atoms with Crippen LogP contribution in [0, 0.1) is 0 Å². The summed E-state index contributed by atoms with van der Waals surface area (Å²) in [5.74, 6) is -0.519. The standard InChI is InChI=1S/C18H24N4O5S/c1-3-8-22-15-14(17(24)21-18(22)25)12(10-13(20-15)11-5-6-11)16(23)19-7-9-28(26,27)4-2/h10-11H,3-9H2,1-2H3,(H,19,23)(H,21,24,25). The summed E-state index contributed by atoms with van der Waals surface area (Å²) in [6.45, 7) is 3.75. The number of fused-ring (bicyclic) bond motifs is 1. The Balaban J connectivity index is 2.08. The number of aromatic amines is 1. The van der Waals surface area contributed by atoms with Crippen molar-refractivity contribution in [2.24, 2.45) is 0 Å². The fourth-order valence-electron chi connectivity index (χ4n) is 3.05. The Bertz CT molecular complexity index is 1130. The van der Waals surface area contributed by atoms with Crippen LogP contribution in [0.25, 0.3) is 11.0 Å². The first-order valence-electron chi connectivity index (χ1n) is 9.43. The van der Waals surface area contributed by atoms with Crippen molar-refractivity contribution in [2.45, 2.75) is 45.6 Å². The van der Waals surface area contributed by atoms with Crippen LogP contribution in [0.4, 0.5) is 0 Å². The van der Waals surface area contributed by atoms with Crippen LogP contribution in [0.2, 0.25) is 0 Å². The third-order valence-corrected chi connectivity index (χ3v) is 6.50. The summed E-state index contributed by atoms with van der Waals surface area (Å²) in [5, 5.41) is 2.62. The van der Waals surface area contributed by atoms with E-state index in [9.17, 15) is 22.8 Å². The molecule has 9 nitrogen and oxygen atoms in total. The largest absolute Gasteiger partial charge is 0.351 e. The van der Waals surface area contributed by atoms with Gasteiger partial charge in [-0.3, -0.25) is 19.1 Å². The number of H-pyrrole nitrogens is 1. The molecule has 0 unspecified atom stereocenters. The lowest BCUT2D eigenvalue weighted by Gasteiger charge is -2.13. The summed E-state index contributed by atoms with van der Waals surface area (Å²) < 4.78 is 24.6. The van der Waals surface area contributed by atoms with Gasteiger partial charge in [0.15, 0.2) is 15.5 Å². The molecule has 2 aromatic heterocycles. The van der Waals surface area contributed by atoms with Crippen molar-refractivity contribution < 1.29 is 13.2 Å². The first kappa shape index (κ1) is 20.2. The van der Waals surface area contributed by atoms with E-state index in [1.807, 2.05) is 6.92 Å². The molecule has 10 heteroatoms. The molecule has 1 amide bonds. The third-order valence-electron chi connectivity index (χ3n) is 4.79. The van der Waals surface area contributed by atoms with Crippen molar-refractivity contribution in [1.82, 2.24) is 19.9 Å². The summed E-state index contributed by atoms with van der Waals surface area (Å²) >= 11 is 0. The van der Waals surface area contributed by atoms with E-state index in [0.29, 0.717) is 18.7 Å². The zero-order valence-electron chi connectivity index (χ0n) is 15.9. The van der Waals surface area contributed by atoms with E-state index in [1.165, 1.54) is 4.57 Å². The SMILES string of the molecule is CCCn1c(=O)[nH]c(=O)c2c(C(=O)NCCS(=O)(=O)CC)cc(C3CC3)nc21. The molecule has 0 saturated heterocycles. The van der Waals surface area contributed by atoms with E-state index < -0.39 is 27.0 Å². The zero-order valence-corrected chi connectivity index (χ0v) is 16.8. The van der Waals surface area contributed by atoms with Crippen LogP contribution in [-0.2, 0) is 16.4 Å². The third kappa shape index (κ3) is 4.16. The molecular weight excluding hydrogens is 384 g/mol. The van der Waals surface area contributed by atoms with Gasteiger partial charge in [-0.25, -0.2) is 18.2 Å². The molecule has 0 aliphatic heterocycles. The van der Waals surface area contributed by atoms with Crippen LogP contribution in [0.3, 0.4) is 0 Å². The zero-order chi connectivity index (χ0) is 20.5. The number of aryl methyl sites for hydroxylation is 1. The fourth-order valence-corrected chi connectivity index (χ4v) is 3.75. The molecule has 0 aromatic carbocycles. The van der Waals surface area contributed by atoms with Gasteiger partial charge < -0.3 is 5.32 Å². The lowest BCUT2D eigenvalue weighted by atomic mass is 10.1. The number of nitrogens with zero attached hydrogens (tertiary/aromatic N) is 2. The van der Waals surface area contributed by atoms with Gasteiger partial charge in [-0.2, -0.15) is 0 Å². The number of hydrogen-bond acceptors (Lipinski definition) is 6. The van der Waals surface area contributed by atoms with E-state index in [4.69, 9.17) is 0 Å². The molecular formula is C18H24N4O5S.